The molecule has 4 rings (SSSR count). The molecule has 138 valence electrons. The van der Waals surface area contributed by atoms with Gasteiger partial charge >= 0.3 is 0 Å². The summed E-state index contributed by atoms with van der Waals surface area (Å²) < 4.78 is 27.9. The molecule has 5 nitrogen and oxygen atoms in total. The summed E-state index contributed by atoms with van der Waals surface area (Å²) in [7, 11) is -3.45. The molecular weight excluding hydrogens is 346 g/mol. The van der Waals surface area contributed by atoms with Gasteiger partial charge in [-0.1, -0.05) is 12.1 Å². The molecule has 2 aromatic rings. The number of fused-ring (bicyclic) bond motifs is 1. The molecular formula is C20H25N3O2S. The molecule has 0 unspecified atom stereocenters. The Morgan fingerprint density at radius 1 is 1.12 bits per heavy atom. The third-order valence-electron chi connectivity index (χ3n) is 5.35. The smallest absolute Gasteiger partial charge is 0.243 e. The number of hydrogen-bond acceptors (Lipinski definition) is 4. The second-order valence-corrected chi connectivity index (χ2v) is 9.18. The minimum Gasteiger partial charge on any atom is -0.384 e. The maximum Gasteiger partial charge on any atom is 0.243 e. The fraction of sp³-hybridized carbons (Fsp3) is 0.400. The third kappa shape index (κ3) is 3.08. The number of benzene rings is 2. The van der Waals surface area contributed by atoms with Crippen molar-refractivity contribution in [3.8, 4) is 0 Å². The molecule has 0 aromatic heterocycles. The average molecular weight is 372 g/mol. The Bertz CT molecular complexity index is 926. The Balaban J connectivity index is 1.54. The number of piperazine rings is 1. The molecule has 0 spiro atoms. The molecule has 2 aliphatic heterocycles. The zero-order valence-corrected chi connectivity index (χ0v) is 16.1. The molecule has 2 aliphatic rings. The SMILES string of the molecule is Cc1cccc(N2CCN(S(=O)(=O)c3ccc4c(c3)CCN4)C[C@@H]2C)c1. The summed E-state index contributed by atoms with van der Waals surface area (Å²) in [5, 5.41) is 3.28. The van der Waals surface area contributed by atoms with Gasteiger partial charge in [0.2, 0.25) is 10.0 Å². The lowest BCUT2D eigenvalue weighted by molar-refractivity contribution is 0.342. The molecule has 0 saturated carbocycles. The monoisotopic (exact) mass is 371 g/mol. The number of nitrogens with zero attached hydrogens (tertiary/aromatic N) is 2. The van der Waals surface area contributed by atoms with Gasteiger partial charge in [0.15, 0.2) is 0 Å². The van der Waals surface area contributed by atoms with Gasteiger partial charge in [-0.2, -0.15) is 4.31 Å². The van der Waals surface area contributed by atoms with E-state index >= 15 is 0 Å². The molecule has 0 radical (unpaired) electrons. The summed E-state index contributed by atoms with van der Waals surface area (Å²) in [5.74, 6) is 0. The zero-order chi connectivity index (χ0) is 18.3. The van der Waals surface area contributed by atoms with Crippen LogP contribution in [0.25, 0.3) is 0 Å². The van der Waals surface area contributed by atoms with Crippen molar-refractivity contribution in [2.75, 3.05) is 36.4 Å². The van der Waals surface area contributed by atoms with Gasteiger partial charge in [0.05, 0.1) is 4.90 Å². The number of sulfonamides is 1. The number of nitrogens with one attached hydrogen (secondary N) is 1. The van der Waals surface area contributed by atoms with E-state index in [4.69, 9.17) is 0 Å². The Hall–Kier alpha value is -2.05. The molecule has 0 bridgehead atoms. The van der Waals surface area contributed by atoms with Gasteiger partial charge in [-0.05, 0) is 61.7 Å². The lowest BCUT2D eigenvalue weighted by atomic mass is 10.1. The zero-order valence-electron chi connectivity index (χ0n) is 15.3. The van der Waals surface area contributed by atoms with Gasteiger partial charge in [0.1, 0.15) is 0 Å². The highest BCUT2D eigenvalue weighted by Gasteiger charge is 2.33. The van der Waals surface area contributed by atoms with Crippen LogP contribution in [0.3, 0.4) is 0 Å². The highest BCUT2D eigenvalue weighted by molar-refractivity contribution is 7.89. The first kappa shape index (κ1) is 17.4. The van der Waals surface area contributed by atoms with E-state index < -0.39 is 10.0 Å². The predicted octanol–water partition coefficient (Wildman–Crippen LogP) is 2.86. The molecule has 2 heterocycles. The highest BCUT2D eigenvalue weighted by atomic mass is 32.2. The first-order valence-electron chi connectivity index (χ1n) is 9.15. The van der Waals surface area contributed by atoms with E-state index in [0.29, 0.717) is 24.5 Å². The van der Waals surface area contributed by atoms with Gasteiger partial charge in [0, 0.05) is 43.6 Å². The molecule has 0 aliphatic carbocycles. The molecule has 26 heavy (non-hydrogen) atoms. The van der Waals surface area contributed by atoms with Crippen molar-refractivity contribution in [1.82, 2.24) is 4.31 Å². The maximum absolute atomic E-state index is 13.1. The van der Waals surface area contributed by atoms with Crippen LogP contribution < -0.4 is 10.2 Å². The van der Waals surface area contributed by atoms with Gasteiger partial charge < -0.3 is 10.2 Å². The topological polar surface area (TPSA) is 52.7 Å². The van der Waals surface area contributed by atoms with Crippen LogP contribution in [0.5, 0.6) is 0 Å². The van der Waals surface area contributed by atoms with E-state index in [2.05, 4.69) is 48.3 Å². The minimum atomic E-state index is -3.45. The summed E-state index contributed by atoms with van der Waals surface area (Å²) in [6.07, 6.45) is 0.885. The number of aryl methyl sites for hydroxylation is 1. The van der Waals surface area contributed by atoms with Crippen molar-refractivity contribution in [2.24, 2.45) is 0 Å². The Labute approximate surface area is 155 Å². The Morgan fingerprint density at radius 2 is 1.96 bits per heavy atom. The highest BCUT2D eigenvalue weighted by Crippen LogP contribution is 2.29. The standard InChI is InChI=1S/C20H25N3O2S/c1-15-4-3-5-18(12-15)23-11-10-22(14-16(23)2)26(24,25)19-6-7-20-17(13-19)8-9-21-20/h3-7,12-13,16,21H,8-11,14H2,1-2H3/t16-/m0/s1. The number of anilines is 2. The molecule has 0 amide bonds. The van der Waals surface area contributed by atoms with Gasteiger partial charge in [-0.15, -0.1) is 0 Å². The molecule has 1 N–H and O–H groups in total. The fourth-order valence-corrected chi connectivity index (χ4v) is 5.49. The van der Waals surface area contributed by atoms with E-state index in [1.165, 1.54) is 5.56 Å². The lowest BCUT2D eigenvalue weighted by Crippen LogP contribution is -2.53. The van der Waals surface area contributed by atoms with Crippen LogP contribution in [-0.2, 0) is 16.4 Å². The van der Waals surface area contributed by atoms with Crippen LogP contribution in [-0.4, -0.2) is 44.9 Å². The third-order valence-corrected chi connectivity index (χ3v) is 7.21. The van der Waals surface area contributed by atoms with Gasteiger partial charge in [-0.3, -0.25) is 0 Å². The molecule has 1 atom stereocenters. The van der Waals surface area contributed by atoms with Crippen molar-refractivity contribution < 1.29 is 8.42 Å². The van der Waals surface area contributed by atoms with Crippen LogP contribution >= 0.6 is 0 Å². The first-order chi connectivity index (χ1) is 12.4. The lowest BCUT2D eigenvalue weighted by Gasteiger charge is -2.40. The molecule has 1 fully saturated rings. The molecule has 2 aromatic carbocycles. The predicted molar refractivity (Wildman–Crippen MR) is 105 cm³/mol. The number of rotatable bonds is 3. The summed E-state index contributed by atoms with van der Waals surface area (Å²) in [5.41, 5.74) is 4.54. The van der Waals surface area contributed by atoms with Crippen molar-refractivity contribution >= 4 is 21.4 Å². The van der Waals surface area contributed by atoms with Crippen LogP contribution in [0.1, 0.15) is 18.1 Å². The van der Waals surface area contributed by atoms with Crippen LogP contribution in [0.15, 0.2) is 47.4 Å². The van der Waals surface area contributed by atoms with Crippen molar-refractivity contribution in [3.05, 3.63) is 53.6 Å². The minimum absolute atomic E-state index is 0.136. The first-order valence-corrected chi connectivity index (χ1v) is 10.6. The van der Waals surface area contributed by atoms with Crippen LogP contribution in [0.4, 0.5) is 11.4 Å². The normalized spacial score (nSPS) is 20.7. The van der Waals surface area contributed by atoms with Gasteiger partial charge in [-0.25, -0.2) is 8.42 Å². The summed E-state index contributed by atoms with van der Waals surface area (Å²) in [6, 6.07) is 14.0. The van der Waals surface area contributed by atoms with E-state index in [1.807, 2.05) is 12.1 Å². The quantitative estimate of drug-likeness (QED) is 0.901. The molecule has 6 heteroatoms. The van der Waals surface area contributed by atoms with Crippen molar-refractivity contribution in [2.45, 2.75) is 31.2 Å². The Morgan fingerprint density at radius 3 is 2.73 bits per heavy atom. The summed E-state index contributed by atoms with van der Waals surface area (Å²) in [4.78, 5) is 2.71. The second kappa shape index (κ2) is 6.59. The van der Waals surface area contributed by atoms with Gasteiger partial charge in [0.25, 0.3) is 0 Å². The van der Waals surface area contributed by atoms with E-state index in [0.717, 1.165) is 29.9 Å². The summed E-state index contributed by atoms with van der Waals surface area (Å²) in [6.45, 7) is 6.77. The van der Waals surface area contributed by atoms with E-state index in [-0.39, 0.29) is 6.04 Å². The largest absolute Gasteiger partial charge is 0.384 e. The van der Waals surface area contributed by atoms with Crippen molar-refractivity contribution in [1.29, 1.82) is 0 Å². The van der Waals surface area contributed by atoms with E-state index in [9.17, 15) is 8.42 Å². The number of hydrogen-bond donors (Lipinski definition) is 1. The van der Waals surface area contributed by atoms with E-state index in [1.54, 1.807) is 10.4 Å². The maximum atomic E-state index is 13.1. The molecule has 1 saturated heterocycles. The Kier molecular flexibility index (Phi) is 4.40. The average Bonchev–Trinajstić information content (AvgIpc) is 3.09. The summed E-state index contributed by atoms with van der Waals surface area (Å²) >= 11 is 0. The fourth-order valence-electron chi connectivity index (χ4n) is 3.92. The second-order valence-electron chi connectivity index (χ2n) is 7.24. The van der Waals surface area contributed by atoms with Crippen molar-refractivity contribution in [3.63, 3.8) is 0 Å². The van der Waals surface area contributed by atoms with Crippen LogP contribution in [0.2, 0.25) is 0 Å². The van der Waals surface area contributed by atoms with Crippen LogP contribution in [0, 0.1) is 6.92 Å².